The number of amides is 1. The Morgan fingerprint density at radius 2 is 1.91 bits per heavy atom. The minimum Gasteiger partial charge on any atom is -0.336 e. The molecule has 1 aromatic rings. The largest absolute Gasteiger partial charge is 0.336 e. The molecule has 0 unspecified atom stereocenters. The number of rotatable bonds is 2. The third-order valence-electron chi connectivity index (χ3n) is 4.21. The molecule has 1 saturated heterocycles. The van der Waals surface area contributed by atoms with Gasteiger partial charge in [-0.15, -0.1) is 0 Å². The molecule has 0 atom stereocenters. The summed E-state index contributed by atoms with van der Waals surface area (Å²) >= 11 is 0. The fourth-order valence-corrected chi connectivity index (χ4v) is 4.09. The number of nitrogens with one attached hydrogen (secondary N) is 1. The number of piperazine rings is 1. The zero-order valence-electron chi connectivity index (χ0n) is 12.7. The maximum atomic E-state index is 12.5. The van der Waals surface area contributed by atoms with Crippen molar-refractivity contribution >= 4 is 21.6 Å². The molecular weight excluding hydrogens is 302 g/mol. The zero-order valence-corrected chi connectivity index (χ0v) is 13.5. The van der Waals surface area contributed by atoms with Gasteiger partial charge in [0.2, 0.25) is 10.0 Å². The van der Waals surface area contributed by atoms with Gasteiger partial charge in [-0.1, -0.05) is 0 Å². The number of hydrogen-bond donors (Lipinski definition) is 1. The lowest BCUT2D eigenvalue weighted by Gasteiger charge is -2.31. The van der Waals surface area contributed by atoms with Crippen LogP contribution in [-0.4, -0.2) is 58.2 Å². The predicted molar refractivity (Wildman–Crippen MR) is 85.7 cm³/mol. The quantitative estimate of drug-likeness (QED) is 0.858. The van der Waals surface area contributed by atoms with E-state index in [9.17, 15) is 13.2 Å². The number of carbonyl (C=O) groups excluding carboxylic acids is 1. The van der Waals surface area contributed by atoms with Gasteiger partial charge in [0.15, 0.2) is 0 Å². The van der Waals surface area contributed by atoms with Crippen LogP contribution in [0.1, 0.15) is 22.3 Å². The Hall–Kier alpha value is -1.60. The van der Waals surface area contributed by atoms with Crippen molar-refractivity contribution in [3.05, 3.63) is 29.3 Å². The highest BCUT2D eigenvalue weighted by atomic mass is 32.2. The van der Waals surface area contributed by atoms with Gasteiger partial charge in [-0.3, -0.25) is 9.10 Å². The molecule has 0 saturated carbocycles. The Morgan fingerprint density at radius 1 is 1.18 bits per heavy atom. The number of nitrogens with zero attached hydrogens (tertiary/aromatic N) is 2. The van der Waals surface area contributed by atoms with Crippen LogP contribution in [0, 0.1) is 0 Å². The standard InChI is InChI=1S/C15H21N3O3S/c1-22(20,21)18-8-2-3-12-11-13(4-5-14(12)18)15(19)17-9-6-16-7-10-17/h4-5,11,16H,2-3,6-10H2,1H3. The van der Waals surface area contributed by atoms with Crippen LogP contribution in [0.15, 0.2) is 18.2 Å². The van der Waals surface area contributed by atoms with Crippen molar-refractivity contribution in [2.75, 3.05) is 43.3 Å². The molecule has 6 nitrogen and oxygen atoms in total. The summed E-state index contributed by atoms with van der Waals surface area (Å²) < 4.78 is 25.2. The van der Waals surface area contributed by atoms with Gasteiger partial charge in [-0.25, -0.2) is 8.42 Å². The van der Waals surface area contributed by atoms with Gasteiger partial charge in [-0.05, 0) is 36.6 Å². The summed E-state index contributed by atoms with van der Waals surface area (Å²) in [6, 6.07) is 5.37. The Balaban J connectivity index is 1.89. The Bertz CT molecular complexity index is 681. The molecule has 2 aliphatic heterocycles. The molecule has 0 spiro atoms. The van der Waals surface area contributed by atoms with Gasteiger partial charge >= 0.3 is 0 Å². The van der Waals surface area contributed by atoms with Crippen LogP contribution in [0.4, 0.5) is 5.69 Å². The van der Waals surface area contributed by atoms with Crippen molar-refractivity contribution in [3.63, 3.8) is 0 Å². The highest BCUT2D eigenvalue weighted by Gasteiger charge is 2.25. The minimum absolute atomic E-state index is 0.0285. The van der Waals surface area contributed by atoms with Crippen molar-refractivity contribution in [3.8, 4) is 0 Å². The fourth-order valence-electron chi connectivity index (χ4n) is 3.09. The van der Waals surface area contributed by atoms with E-state index in [1.54, 1.807) is 12.1 Å². The van der Waals surface area contributed by atoms with Crippen molar-refractivity contribution in [1.29, 1.82) is 0 Å². The van der Waals surface area contributed by atoms with E-state index in [2.05, 4.69) is 5.32 Å². The van der Waals surface area contributed by atoms with Crippen LogP contribution >= 0.6 is 0 Å². The molecule has 3 rings (SSSR count). The minimum atomic E-state index is -3.26. The van der Waals surface area contributed by atoms with Crippen LogP contribution in [-0.2, 0) is 16.4 Å². The van der Waals surface area contributed by atoms with Crippen LogP contribution in [0.2, 0.25) is 0 Å². The molecule has 1 N–H and O–H groups in total. The molecule has 7 heteroatoms. The van der Waals surface area contributed by atoms with Gasteiger partial charge in [0.1, 0.15) is 0 Å². The molecule has 1 fully saturated rings. The first-order chi connectivity index (χ1) is 10.5. The maximum absolute atomic E-state index is 12.5. The molecule has 1 amide bonds. The van der Waals surface area contributed by atoms with E-state index >= 15 is 0 Å². The van der Waals surface area contributed by atoms with Gasteiger partial charge in [0.25, 0.3) is 5.91 Å². The van der Waals surface area contributed by atoms with Crippen molar-refractivity contribution in [2.24, 2.45) is 0 Å². The van der Waals surface area contributed by atoms with E-state index in [0.29, 0.717) is 30.9 Å². The number of fused-ring (bicyclic) bond motifs is 1. The number of aryl methyl sites for hydroxylation is 1. The average Bonchev–Trinajstić information content (AvgIpc) is 2.53. The molecule has 0 bridgehead atoms. The van der Waals surface area contributed by atoms with E-state index in [4.69, 9.17) is 0 Å². The second-order valence-electron chi connectivity index (χ2n) is 5.82. The molecule has 0 aromatic heterocycles. The van der Waals surface area contributed by atoms with Gasteiger partial charge in [-0.2, -0.15) is 0 Å². The monoisotopic (exact) mass is 323 g/mol. The second-order valence-corrected chi connectivity index (χ2v) is 7.73. The second kappa shape index (κ2) is 5.89. The third kappa shape index (κ3) is 2.96. The lowest BCUT2D eigenvalue weighted by atomic mass is 10.00. The summed E-state index contributed by atoms with van der Waals surface area (Å²) in [5.41, 5.74) is 2.30. The molecule has 2 aliphatic rings. The first-order valence-corrected chi connectivity index (χ1v) is 9.42. The Kier molecular flexibility index (Phi) is 4.10. The Labute approximate surface area is 131 Å². The van der Waals surface area contributed by atoms with Gasteiger partial charge < -0.3 is 10.2 Å². The number of hydrogen-bond acceptors (Lipinski definition) is 4. The first kappa shape index (κ1) is 15.3. The van der Waals surface area contributed by atoms with Crippen molar-refractivity contribution in [2.45, 2.75) is 12.8 Å². The smallest absolute Gasteiger partial charge is 0.253 e. The normalized spacial score (nSPS) is 19.0. The lowest BCUT2D eigenvalue weighted by molar-refractivity contribution is 0.0735. The van der Waals surface area contributed by atoms with E-state index in [1.165, 1.54) is 10.6 Å². The molecule has 0 radical (unpaired) electrons. The third-order valence-corrected chi connectivity index (χ3v) is 5.39. The number of carbonyl (C=O) groups is 1. The lowest BCUT2D eigenvalue weighted by Crippen LogP contribution is -2.46. The zero-order chi connectivity index (χ0) is 15.7. The van der Waals surface area contributed by atoms with Crippen LogP contribution in [0.3, 0.4) is 0 Å². The molecule has 0 aliphatic carbocycles. The average molecular weight is 323 g/mol. The molecular formula is C15H21N3O3S. The number of anilines is 1. The summed E-state index contributed by atoms with van der Waals surface area (Å²) in [5.74, 6) is 0.0285. The van der Waals surface area contributed by atoms with Crippen LogP contribution in [0.5, 0.6) is 0 Å². The number of sulfonamides is 1. The van der Waals surface area contributed by atoms with E-state index in [-0.39, 0.29) is 5.91 Å². The highest BCUT2D eigenvalue weighted by molar-refractivity contribution is 7.92. The van der Waals surface area contributed by atoms with Crippen LogP contribution < -0.4 is 9.62 Å². The number of benzene rings is 1. The molecule has 120 valence electrons. The maximum Gasteiger partial charge on any atom is 0.253 e. The summed E-state index contributed by atoms with van der Waals surface area (Å²) in [7, 11) is -3.26. The predicted octanol–water partition coefficient (Wildman–Crippen LogP) is 0.444. The van der Waals surface area contributed by atoms with Crippen LogP contribution in [0.25, 0.3) is 0 Å². The topological polar surface area (TPSA) is 69.7 Å². The first-order valence-electron chi connectivity index (χ1n) is 7.57. The molecule has 2 heterocycles. The summed E-state index contributed by atoms with van der Waals surface area (Å²) in [6.45, 7) is 3.57. The summed E-state index contributed by atoms with van der Waals surface area (Å²) in [6.07, 6.45) is 2.82. The van der Waals surface area contributed by atoms with Gasteiger partial charge in [0, 0.05) is 38.3 Å². The summed E-state index contributed by atoms with van der Waals surface area (Å²) in [5, 5.41) is 3.23. The van der Waals surface area contributed by atoms with E-state index in [0.717, 1.165) is 31.5 Å². The summed E-state index contributed by atoms with van der Waals surface area (Å²) in [4.78, 5) is 14.4. The highest BCUT2D eigenvalue weighted by Crippen LogP contribution is 2.30. The molecule has 1 aromatic carbocycles. The van der Waals surface area contributed by atoms with E-state index in [1.807, 2.05) is 11.0 Å². The van der Waals surface area contributed by atoms with E-state index < -0.39 is 10.0 Å². The van der Waals surface area contributed by atoms with Crippen molar-refractivity contribution in [1.82, 2.24) is 10.2 Å². The molecule has 22 heavy (non-hydrogen) atoms. The van der Waals surface area contributed by atoms with Crippen molar-refractivity contribution < 1.29 is 13.2 Å². The SMILES string of the molecule is CS(=O)(=O)N1CCCc2cc(C(=O)N3CCNCC3)ccc21. The Morgan fingerprint density at radius 3 is 2.59 bits per heavy atom. The van der Waals surface area contributed by atoms with Gasteiger partial charge in [0.05, 0.1) is 11.9 Å². The fraction of sp³-hybridized carbons (Fsp3) is 0.533.